The number of carbonyl (C=O) groups excluding carboxylic acids is 2. The SMILES string of the molecule is Cc1ccc(NC(=O)C(N)CN)cc1C(=O)N[C@H](C)c1cccc2ccccc12. The van der Waals surface area contributed by atoms with E-state index in [-0.39, 0.29) is 24.4 Å². The second kappa shape index (κ2) is 8.86. The average Bonchev–Trinajstić information content (AvgIpc) is 2.73. The van der Waals surface area contributed by atoms with Gasteiger partial charge in [-0.1, -0.05) is 48.5 Å². The summed E-state index contributed by atoms with van der Waals surface area (Å²) in [6.45, 7) is 3.86. The first-order valence-corrected chi connectivity index (χ1v) is 9.56. The molecular formula is C23H26N4O2. The van der Waals surface area contributed by atoms with Gasteiger partial charge in [0.05, 0.1) is 12.1 Å². The maximum Gasteiger partial charge on any atom is 0.252 e. The third kappa shape index (κ3) is 4.62. The lowest BCUT2D eigenvalue weighted by atomic mass is 9.99. The molecule has 0 radical (unpaired) electrons. The normalized spacial score (nSPS) is 13.0. The number of amides is 2. The molecule has 2 amide bonds. The van der Waals surface area contributed by atoms with Crippen molar-refractivity contribution < 1.29 is 9.59 Å². The van der Waals surface area contributed by atoms with Crippen molar-refractivity contribution in [3.63, 3.8) is 0 Å². The van der Waals surface area contributed by atoms with Crippen molar-refractivity contribution in [2.24, 2.45) is 11.5 Å². The lowest BCUT2D eigenvalue weighted by Gasteiger charge is -2.18. The zero-order valence-electron chi connectivity index (χ0n) is 16.6. The molecule has 0 saturated carbocycles. The van der Waals surface area contributed by atoms with Gasteiger partial charge < -0.3 is 22.1 Å². The Morgan fingerprint density at radius 3 is 2.52 bits per heavy atom. The quantitative estimate of drug-likeness (QED) is 0.519. The van der Waals surface area contributed by atoms with Crippen molar-refractivity contribution in [3.05, 3.63) is 77.4 Å². The van der Waals surface area contributed by atoms with Crippen LogP contribution in [0.15, 0.2) is 60.7 Å². The third-order valence-electron chi connectivity index (χ3n) is 4.98. The lowest BCUT2D eigenvalue weighted by Crippen LogP contribution is -2.41. The van der Waals surface area contributed by atoms with E-state index in [0.29, 0.717) is 11.3 Å². The highest BCUT2D eigenvalue weighted by Crippen LogP contribution is 2.25. The van der Waals surface area contributed by atoms with E-state index < -0.39 is 6.04 Å². The predicted molar refractivity (Wildman–Crippen MR) is 117 cm³/mol. The summed E-state index contributed by atoms with van der Waals surface area (Å²) in [5.41, 5.74) is 13.9. The molecule has 3 aromatic rings. The van der Waals surface area contributed by atoms with E-state index in [1.165, 1.54) is 0 Å². The number of nitrogens with two attached hydrogens (primary N) is 2. The Labute approximate surface area is 170 Å². The van der Waals surface area contributed by atoms with Gasteiger partial charge in [-0.15, -0.1) is 0 Å². The second-order valence-electron chi connectivity index (χ2n) is 7.12. The Bertz CT molecular complexity index is 1040. The topological polar surface area (TPSA) is 110 Å². The second-order valence-corrected chi connectivity index (χ2v) is 7.12. The molecule has 0 fully saturated rings. The van der Waals surface area contributed by atoms with E-state index in [1.807, 2.05) is 38.1 Å². The van der Waals surface area contributed by atoms with Gasteiger partial charge in [-0.3, -0.25) is 9.59 Å². The van der Waals surface area contributed by atoms with E-state index in [1.54, 1.807) is 18.2 Å². The molecule has 6 nitrogen and oxygen atoms in total. The summed E-state index contributed by atoms with van der Waals surface area (Å²) < 4.78 is 0. The molecular weight excluding hydrogens is 364 g/mol. The maximum atomic E-state index is 12.9. The molecule has 0 saturated heterocycles. The molecule has 0 heterocycles. The highest BCUT2D eigenvalue weighted by molar-refractivity contribution is 6.00. The fourth-order valence-corrected chi connectivity index (χ4v) is 3.27. The van der Waals surface area contributed by atoms with Gasteiger partial charge in [0.1, 0.15) is 0 Å². The fourth-order valence-electron chi connectivity index (χ4n) is 3.27. The standard InChI is InChI=1S/C23H26N4O2/c1-14-10-11-17(27-23(29)21(25)13-24)12-20(14)22(28)26-15(2)18-9-5-7-16-6-3-4-8-19(16)18/h3-12,15,21H,13,24-25H2,1-2H3,(H,26,28)(H,27,29)/t15-,21?/m1/s1. The number of rotatable bonds is 6. The predicted octanol–water partition coefficient (Wildman–Crippen LogP) is 2.86. The van der Waals surface area contributed by atoms with E-state index in [2.05, 4.69) is 28.8 Å². The third-order valence-corrected chi connectivity index (χ3v) is 4.98. The monoisotopic (exact) mass is 390 g/mol. The van der Waals surface area contributed by atoms with Crippen LogP contribution in [0.5, 0.6) is 0 Å². The van der Waals surface area contributed by atoms with Crippen LogP contribution in [0.3, 0.4) is 0 Å². The van der Waals surface area contributed by atoms with Gasteiger partial charge in [-0.25, -0.2) is 0 Å². The summed E-state index contributed by atoms with van der Waals surface area (Å²) in [5, 5.41) is 8.00. The number of hydrogen-bond donors (Lipinski definition) is 4. The highest BCUT2D eigenvalue weighted by Gasteiger charge is 2.17. The van der Waals surface area contributed by atoms with Gasteiger partial charge in [0, 0.05) is 17.8 Å². The Morgan fingerprint density at radius 1 is 1.03 bits per heavy atom. The molecule has 3 rings (SSSR count). The molecule has 3 aromatic carbocycles. The number of benzene rings is 3. The van der Waals surface area contributed by atoms with Gasteiger partial charge in [0.15, 0.2) is 0 Å². The van der Waals surface area contributed by atoms with Crippen molar-refractivity contribution in [1.29, 1.82) is 0 Å². The van der Waals surface area contributed by atoms with Crippen LogP contribution in [-0.2, 0) is 4.79 Å². The van der Waals surface area contributed by atoms with E-state index in [0.717, 1.165) is 21.9 Å². The summed E-state index contributed by atoms with van der Waals surface area (Å²) in [7, 11) is 0. The van der Waals surface area contributed by atoms with E-state index >= 15 is 0 Å². The van der Waals surface area contributed by atoms with Crippen LogP contribution in [0.2, 0.25) is 0 Å². The van der Waals surface area contributed by atoms with Crippen LogP contribution in [0.25, 0.3) is 10.8 Å². The largest absolute Gasteiger partial charge is 0.345 e. The van der Waals surface area contributed by atoms with Crippen LogP contribution in [0.1, 0.15) is 34.5 Å². The molecule has 150 valence electrons. The number of nitrogens with one attached hydrogen (secondary N) is 2. The van der Waals surface area contributed by atoms with Crippen molar-refractivity contribution in [1.82, 2.24) is 5.32 Å². The fraction of sp³-hybridized carbons (Fsp3) is 0.217. The number of anilines is 1. The van der Waals surface area contributed by atoms with Gasteiger partial charge in [0.2, 0.25) is 5.91 Å². The minimum atomic E-state index is -0.792. The van der Waals surface area contributed by atoms with Crippen molar-refractivity contribution in [3.8, 4) is 0 Å². The van der Waals surface area contributed by atoms with Gasteiger partial charge >= 0.3 is 0 Å². The summed E-state index contributed by atoms with van der Waals surface area (Å²) in [6.07, 6.45) is 0. The molecule has 0 aliphatic rings. The van der Waals surface area contributed by atoms with Gasteiger partial charge in [-0.05, 0) is 47.9 Å². The van der Waals surface area contributed by atoms with E-state index in [9.17, 15) is 9.59 Å². The first-order chi connectivity index (χ1) is 13.9. The molecule has 0 spiro atoms. The number of hydrogen-bond acceptors (Lipinski definition) is 4. The zero-order valence-corrected chi connectivity index (χ0v) is 16.6. The summed E-state index contributed by atoms with van der Waals surface area (Å²) >= 11 is 0. The number of aryl methyl sites for hydroxylation is 1. The Hall–Kier alpha value is -3.22. The minimum Gasteiger partial charge on any atom is -0.345 e. The number of fused-ring (bicyclic) bond motifs is 1. The minimum absolute atomic E-state index is 0.0492. The Morgan fingerprint density at radius 2 is 1.76 bits per heavy atom. The molecule has 0 aliphatic carbocycles. The highest BCUT2D eigenvalue weighted by atomic mass is 16.2. The van der Waals surface area contributed by atoms with Crippen LogP contribution >= 0.6 is 0 Å². The molecule has 0 bridgehead atoms. The zero-order chi connectivity index (χ0) is 21.0. The van der Waals surface area contributed by atoms with Crippen LogP contribution in [-0.4, -0.2) is 24.4 Å². The van der Waals surface area contributed by atoms with Crippen molar-refractivity contribution in [2.75, 3.05) is 11.9 Å². The Balaban J connectivity index is 1.81. The summed E-state index contributed by atoms with van der Waals surface area (Å²) in [6, 6.07) is 18.4. The van der Waals surface area contributed by atoms with Crippen molar-refractivity contribution in [2.45, 2.75) is 25.9 Å². The first-order valence-electron chi connectivity index (χ1n) is 9.56. The smallest absolute Gasteiger partial charge is 0.252 e. The molecule has 2 atom stereocenters. The van der Waals surface area contributed by atoms with E-state index in [4.69, 9.17) is 11.5 Å². The Kier molecular flexibility index (Phi) is 6.26. The van der Waals surface area contributed by atoms with Gasteiger partial charge in [0.25, 0.3) is 5.91 Å². The summed E-state index contributed by atoms with van der Waals surface area (Å²) in [4.78, 5) is 24.9. The summed E-state index contributed by atoms with van der Waals surface area (Å²) in [5.74, 6) is -0.589. The lowest BCUT2D eigenvalue weighted by molar-refractivity contribution is -0.117. The first kappa shape index (κ1) is 20.5. The van der Waals surface area contributed by atoms with Crippen LogP contribution < -0.4 is 22.1 Å². The molecule has 1 unspecified atom stereocenters. The van der Waals surface area contributed by atoms with Crippen LogP contribution in [0, 0.1) is 6.92 Å². The molecule has 6 heteroatoms. The van der Waals surface area contributed by atoms with Gasteiger partial charge in [-0.2, -0.15) is 0 Å². The molecule has 0 aromatic heterocycles. The molecule has 0 aliphatic heterocycles. The maximum absolute atomic E-state index is 12.9. The molecule has 29 heavy (non-hydrogen) atoms. The average molecular weight is 390 g/mol. The van der Waals surface area contributed by atoms with Crippen LogP contribution in [0.4, 0.5) is 5.69 Å². The number of carbonyl (C=O) groups is 2. The molecule has 6 N–H and O–H groups in total. The van der Waals surface area contributed by atoms with Crippen molar-refractivity contribution >= 4 is 28.3 Å².